The zero-order valence-electron chi connectivity index (χ0n) is 12.0. The first-order chi connectivity index (χ1) is 10.7. The van der Waals surface area contributed by atoms with Gasteiger partial charge in [-0.2, -0.15) is 5.26 Å². The Labute approximate surface area is 128 Å². The molecule has 5 nitrogen and oxygen atoms in total. The molecule has 1 aliphatic carbocycles. The highest BCUT2D eigenvalue weighted by molar-refractivity contribution is 5.97. The van der Waals surface area contributed by atoms with Gasteiger partial charge in [0.15, 0.2) is 0 Å². The van der Waals surface area contributed by atoms with Gasteiger partial charge in [-0.25, -0.2) is 0 Å². The van der Waals surface area contributed by atoms with Crippen molar-refractivity contribution >= 4 is 16.7 Å². The zero-order chi connectivity index (χ0) is 15.1. The largest absolute Gasteiger partial charge is 0.348 e. The summed E-state index contributed by atoms with van der Waals surface area (Å²) in [5.41, 5.74) is 0.948. The summed E-state index contributed by atoms with van der Waals surface area (Å²) in [6.45, 7) is 0.985. The van der Waals surface area contributed by atoms with Gasteiger partial charge in [0.05, 0.1) is 11.6 Å². The minimum absolute atomic E-state index is 0.146. The van der Waals surface area contributed by atoms with Crippen LogP contribution in [0.1, 0.15) is 28.9 Å². The van der Waals surface area contributed by atoms with Crippen molar-refractivity contribution in [2.75, 3.05) is 6.54 Å². The number of piperidine rings is 1. The number of rotatable bonds is 2. The van der Waals surface area contributed by atoms with Gasteiger partial charge in [0.25, 0.3) is 5.91 Å². The Kier molecular flexibility index (Phi) is 3.05. The van der Waals surface area contributed by atoms with Gasteiger partial charge in [0.2, 0.25) is 0 Å². The van der Waals surface area contributed by atoms with Crippen molar-refractivity contribution in [3.8, 4) is 6.07 Å². The van der Waals surface area contributed by atoms with Crippen molar-refractivity contribution in [1.82, 2.24) is 15.6 Å². The summed E-state index contributed by atoms with van der Waals surface area (Å²) in [6, 6.07) is 10.1. The molecule has 1 saturated carbocycles. The molecule has 22 heavy (non-hydrogen) atoms. The Morgan fingerprint density at radius 1 is 1.41 bits per heavy atom. The Morgan fingerprint density at radius 2 is 2.32 bits per heavy atom. The molecule has 2 N–H and O–H groups in total. The molecule has 1 saturated heterocycles. The smallest absolute Gasteiger partial charge is 0.270 e. The topological polar surface area (TPSA) is 77.8 Å². The molecule has 0 radical (unpaired) electrons. The third-order valence-corrected chi connectivity index (χ3v) is 4.80. The van der Waals surface area contributed by atoms with Gasteiger partial charge in [-0.1, -0.05) is 12.1 Å². The van der Waals surface area contributed by atoms with Crippen LogP contribution in [0.2, 0.25) is 0 Å². The van der Waals surface area contributed by atoms with E-state index in [1.165, 1.54) is 0 Å². The van der Waals surface area contributed by atoms with E-state index in [-0.39, 0.29) is 11.9 Å². The Bertz CT molecular complexity index is 795. The number of aromatic nitrogens is 1. The predicted molar refractivity (Wildman–Crippen MR) is 82.2 cm³/mol. The molecule has 1 amide bonds. The van der Waals surface area contributed by atoms with Gasteiger partial charge in [0.1, 0.15) is 5.69 Å². The fraction of sp³-hybridized carbons (Fsp3) is 0.353. The quantitative estimate of drug-likeness (QED) is 0.881. The van der Waals surface area contributed by atoms with Crippen molar-refractivity contribution < 1.29 is 4.79 Å². The Balaban J connectivity index is 1.61. The van der Waals surface area contributed by atoms with E-state index in [0.29, 0.717) is 23.2 Å². The molecule has 5 heteroatoms. The van der Waals surface area contributed by atoms with Gasteiger partial charge in [-0.3, -0.25) is 9.78 Å². The van der Waals surface area contributed by atoms with Crippen LogP contribution in [-0.2, 0) is 0 Å². The second kappa shape index (κ2) is 5.08. The van der Waals surface area contributed by atoms with Crippen LogP contribution in [0.25, 0.3) is 10.8 Å². The van der Waals surface area contributed by atoms with Crippen LogP contribution < -0.4 is 10.6 Å². The fourth-order valence-electron chi connectivity index (χ4n) is 3.65. The summed E-state index contributed by atoms with van der Waals surface area (Å²) in [7, 11) is 0. The second-order valence-corrected chi connectivity index (χ2v) is 6.12. The van der Waals surface area contributed by atoms with Crippen molar-refractivity contribution in [3.05, 3.63) is 41.7 Å². The number of hydrogen-bond acceptors (Lipinski definition) is 4. The molecule has 3 unspecified atom stereocenters. The molecular weight excluding hydrogens is 276 g/mol. The van der Waals surface area contributed by atoms with E-state index >= 15 is 0 Å². The third-order valence-electron chi connectivity index (χ3n) is 4.80. The molecule has 110 valence electrons. The first-order valence-corrected chi connectivity index (χ1v) is 7.58. The van der Waals surface area contributed by atoms with Gasteiger partial charge < -0.3 is 10.6 Å². The summed E-state index contributed by atoms with van der Waals surface area (Å²) in [5, 5.41) is 17.4. The lowest BCUT2D eigenvalue weighted by atomic mass is 10.0. The summed E-state index contributed by atoms with van der Waals surface area (Å²) in [5.74, 6) is 0.385. The zero-order valence-corrected chi connectivity index (χ0v) is 12.0. The Hall–Kier alpha value is -2.45. The molecule has 1 aromatic heterocycles. The summed E-state index contributed by atoms with van der Waals surface area (Å²) >= 11 is 0. The first-order valence-electron chi connectivity index (χ1n) is 7.58. The van der Waals surface area contributed by atoms with E-state index in [2.05, 4.69) is 21.7 Å². The lowest BCUT2D eigenvalue weighted by molar-refractivity contribution is 0.0920. The van der Waals surface area contributed by atoms with Crippen LogP contribution in [0.15, 0.2) is 30.5 Å². The average Bonchev–Trinajstić information content (AvgIpc) is 3.16. The van der Waals surface area contributed by atoms with E-state index in [0.717, 1.165) is 30.2 Å². The molecule has 4 rings (SSSR count). The monoisotopic (exact) mass is 292 g/mol. The number of hydrogen-bond donors (Lipinski definition) is 2. The maximum absolute atomic E-state index is 12.4. The first kappa shape index (κ1) is 13.2. The molecule has 2 heterocycles. The van der Waals surface area contributed by atoms with Crippen LogP contribution in [0.4, 0.5) is 0 Å². The average molecular weight is 292 g/mol. The maximum atomic E-state index is 12.4. The van der Waals surface area contributed by atoms with E-state index in [1.54, 1.807) is 18.3 Å². The van der Waals surface area contributed by atoms with Gasteiger partial charge in [-0.15, -0.1) is 0 Å². The fourth-order valence-corrected chi connectivity index (χ4v) is 3.65. The highest BCUT2D eigenvalue weighted by Crippen LogP contribution is 2.31. The number of nitriles is 1. The van der Waals surface area contributed by atoms with E-state index in [4.69, 9.17) is 0 Å². The van der Waals surface area contributed by atoms with Gasteiger partial charge in [0, 0.05) is 35.6 Å². The lowest BCUT2D eigenvalue weighted by Gasteiger charge is -2.23. The number of pyridine rings is 1. The molecule has 2 bridgehead atoms. The predicted octanol–water partition coefficient (Wildman–Crippen LogP) is 1.59. The highest BCUT2D eigenvalue weighted by Gasteiger charge is 2.40. The molecule has 0 spiro atoms. The lowest BCUT2D eigenvalue weighted by Crippen LogP contribution is -2.44. The molecule has 2 aromatic rings. The second-order valence-electron chi connectivity index (χ2n) is 6.12. The summed E-state index contributed by atoms with van der Waals surface area (Å²) in [6.07, 6.45) is 3.80. The van der Waals surface area contributed by atoms with Crippen molar-refractivity contribution in [3.63, 3.8) is 0 Å². The van der Waals surface area contributed by atoms with Crippen LogP contribution in [0, 0.1) is 17.2 Å². The van der Waals surface area contributed by atoms with E-state index in [1.807, 2.05) is 12.1 Å². The number of carbonyl (C=O) groups is 1. The SMILES string of the molecule is N#Cc1cccc2cnc(C(=O)NC3CC4CC3CN4)cc12. The molecule has 1 aliphatic heterocycles. The number of carbonyl (C=O) groups excluding carboxylic acids is 1. The summed E-state index contributed by atoms with van der Waals surface area (Å²) in [4.78, 5) is 16.7. The standard InChI is InChI=1S/C17H16N4O/c18-7-10-2-1-3-11-8-20-16(6-14(10)11)17(22)21-15-5-13-4-12(15)9-19-13/h1-3,6,8,12-13,15,19H,4-5,9H2,(H,21,22). The van der Waals surface area contributed by atoms with Gasteiger partial charge >= 0.3 is 0 Å². The van der Waals surface area contributed by atoms with Crippen LogP contribution in [0.3, 0.4) is 0 Å². The number of nitrogens with one attached hydrogen (secondary N) is 2. The number of nitrogens with zero attached hydrogens (tertiary/aromatic N) is 2. The number of fused-ring (bicyclic) bond motifs is 3. The molecule has 3 atom stereocenters. The molecule has 2 aliphatic rings. The minimum atomic E-state index is -0.146. The Morgan fingerprint density at radius 3 is 3.05 bits per heavy atom. The highest BCUT2D eigenvalue weighted by atomic mass is 16.1. The molecule has 2 fully saturated rings. The third kappa shape index (κ3) is 2.13. The van der Waals surface area contributed by atoms with Gasteiger partial charge in [-0.05, 0) is 30.9 Å². The van der Waals surface area contributed by atoms with Crippen LogP contribution in [0.5, 0.6) is 0 Å². The van der Waals surface area contributed by atoms with E-state index < -0.39 is 0 Å². The summed E-state index contributed by atoms with van der Waals surface area (Å²) < 4.78 is 0. The maximum Gasteiger partial charge on any atom is 0.270 e. The normalized spacial score (nSPS) is 26.0. The number of amides is 1. The van der Waals surface area contributed by atoms with Crippen molar-refractivity contribution in [2.45, 2.75) is 24.9 Å². The van der Waals surface area contributed by atoms with Crippen LogP contribution >= 0.6 is 0 Å². The van der Waals surface area contributed by atoms with Crippen LogP contribution in [-0.4, -0.2) is 29.5 Å². The minimum Gasteiger partial charge on any atom is -0.348 e. The molecular formula is C17H16N4O. The van der Waals surface area contributed by atoms with E-state index in [9.17, 15) is 10.1 Å². The molecule has 1 aromatic carbocycles. The number of benzene rings is 1. The van der Waals surface area contributed by atoms with Crippen molar-refractivity contribution in [2.24, 2.45) is 5.92 Å². The van der Waals surface area contributed by atoms with Crippen molar-refractivity contribution in [1.29, 1.82) is 5.26 Å².